The van der Waals surface area contributed by atoms with Gasteiger partial charge in [0, 0.05) is 19.6 Å². The zero-order valence-electron chi connectivity index (χ0n) is 12.1. The summed E-state index contributed by atoms with van der Waals surface area (Å²) >= 11 is 0. The molecule has 0 aromatic heterocycles. The summed E-state index contributed by atoms with van der Waals surface area (Å²) in [6, 6.07) is -0.0832. The van der Waals surface area contributed by atoms with Crippen LogP contribution >= 0.6 is 0 Å². The standard InChI is InChI=1S/C15H26N2O3/c18-14(19)13-8-5-9-17(11-13)15(20)16-10-12-6-3-1-2-4-7-12/h12-13H,1-11H2,(H,16,20)(H,18,19). The molecule has 0 radical (unpaired) electrons. The third kappa shape index (κ3) is 4.39. The number of carboxylic acid groups (broad SMARTS) is 1. The molecule has 114 valence electrons. The van der Waals surface area contributed by atoms with Crippen LogP contribution in [0.4, 0.5) is 4.79 Å². The number of nitrogens with one attached hydrogen (secondary N) is 1. The average Bonchev–Trinajstić information content (AvgIpc) is 2.73. The highest BCUT2D eigenvalue weighted by atomic mass is 16.4. The Morgan fingerprint density at radius 2 is 1.75 bits per heavy atom. The van der Waals surface area contributed by atoms with E-state index in [9.17, 15) is 9.59 Å². The largest absolute Gasteiger partial charge is 0.481 e. The molecule has 5 heteroatoms. The SMILES string of the molecule is O=C(O)C1CCCN(C(=O)NCC2CCCCCC2)C1. The van der Waals surface area contributed by atoms with E-state index in [1.54, 1.807) is 4.90 Å². The van der Waals surface area contributed by atoms with Gasteiger partial charge in [-0.1, -0.05) is 25.7 Å². The Kier molecular flexibility index (Phi) is 5.68. The van der Waals surface area contributed by atoms with Gasteiger partial charge in [-0.2, -0.15) is 0 Å². The number of hydrogen-bond acceptors (Lipinski definition) is 2. The Labute approximate surface area is 120 Å². The molecular formula is C15H26N2O3. The van der Waals surface area contributed by atoms with Crippen LogP contribution in [0.2, 0.25) is 0 Å². The molecule has 5 nitrogen and oxygen atoms in total. The number of nitrogens with zero attached hydrogens (tertiary/aromatic N) is 1. The van der Waals surface area contributed by atoms with Gasteiger partial charge in [-0.05, 0) is 31.6 Å². The lowest BCUT2D eigenvalue weighted by Crippen LogP contribution is -2.47. The molecule has 1 saturated heterocycles. The fourth-order valence-electron chi connectivity index (χ4n) is 3.27. The summed E-state index contributed by atoms with van der Waals surface area (Å²) in [6.45, 7) is 1.78. The predicted octanol–water partition coefficient (Wildman–Crippen LogP) is 2.46. The van der Waals surface area contributed by atoms with Crippen molar-refractivity contribution in [1.29, 1.82) is 0 Å². The van der Waals surface area contributed by atoms with Gasteiger partial charge in [0.1, 0.15) is 0 Å². The maximum Gasteiger partial charge on any atom is 0.317 e. The number of piperidine rings is 1. The van der Waals surface area contributed by atoms with Gasteiger partial charge in [0.05, 0.1) is 5.92 Å². The molecule has 1 unspecified atom stereocenters. The second-order valence-corrected chi connectivity index (χ2v) is 6.17. The summed E-state index contributed by atoms with van der Waals surface area (Å²) in [5, 5.41) is 12.0. The molecule has 0 aromatic carbocycles. The number of carbonyl (C=O) groups excluding carboxylic acids is 1. The Hall–Kier alpha value is -1.26. The normalized spacial score (nSPS) is 25.0. The van der Waals surface area contributed by atoms with Crippen LogP contribution in [-0.2, 0) is 4.79 Å². The van der Waals surface area contributed by atoms with Crippen molar-refractivity contribution in [2.75, 3.05) is 19.6 Å². The van der Waals surface area contributed by atoms with E-state index in [2.05, 4.69) is 5.32 Å². The minimum Gasteiger partial charge on any atom is -0.481 e. The monoisotopic (exact) mass is 282 g/mol. The summed E-state index contributed by atoms with van der Waals surface area (Å²) in [4.78, 5) is 24.8. The lowest BCUT2D eigenvalue weighted by Gasteiger charge is -2.31. The van der Waals surface area contributed by atoms with Gasteiger partial charge in [0.25, 0.3) is 0 Å². The van der Waals surface area contributed by atoms with Crippen molar-refractivity contribution >= 4 is 12.0 Å². The van der Waals surface area contributed by atoms with Gasteiger partial charge in [0.15, 0.2) is 0 Å². The van der Waals surface area contributed by atoms with E-state index < -0.39 is 11.9 Å². The lowest BCUT2D eigenvalue weighted by atomic mass is 9.98. The van der Waals surface area contributed by atoms with Crippen molar-refractivity contribution < 1.29 is 14.7 Å². The van der Waals surface area contributed by atoms with Gasteiger partial charge in [-0.25, -0.2) is 4.79 Å². The van der Waals surface area contributed by atoms with Crippen LogP contribution in [-0.4, -0.2) is 41.6 Å². The summed E-state index contributed by atoms with van der Waals surface area (Å²) in [5.41, 5.74) is 0. The molecule has 1 saturated carbocycles. The Morgan fingerprint density at radius 3 is 2.40 bits per heavy atom. The maximum absolute atomic E-state index is 12.1. The van der Waals surface area contributed by atoms with E-state index in [4.69, 9.17) is 5.11 Å². The van der Waals surface area contributed by atoms with Crippen molar-refractivity contribution in [3.63, 3.8) is 0 Å². The third-order valence-electron chi connectivity index (χ3n) is 4.57. The number of urea groups is 1. The first-order chi connectivity index (χ1) is 9.66. The summed E-state index contributed by atoms with van der Waals surface area (Å²) < 4.78 is 0. The second kappa shape index (κ2) is 7.50. The molecule has 2 N–H and O–H groups in total. The minimum absolute atomic E-state index is 0.0832. The van der Waals surface area contributed by atoms with Crippen molar-refractivity contribution in [1.82, 2.24) is 10.2 Å². The molecule has 2 amide bonds. The fraction of sp³-hybridized carbons (Fsp3) is 0.867. The van der Waals surface area contributed by atoms with Crippen molar-refractivity contribution in [3.05, 3.63) is 0 Å². The number of aliphatic carboxylic acids is 1. The van der Waals surface area contributed by atoms with Crippen LogP contribution in [0.5, 0.6) is 0 Å². The van der Waals surface area contributed by atoms with E-state index in [0.29, 0.717) is 25.4 Å². The highest BCUT2D eigenvalue weighted by molar-refractivity contribution is 5.76. The number of carboxylic acids is 1. The number of rotatable bonds is 3. The van der Waals surface area contributed by atoms with Crippen LogP contribution in [0, 0.1) is 11.8 Å². The molecule has 1 aliphatic heterocycles. The topological polar surface area (TPSA) is 69.6 Å². The van der Waals surface area contributed by atoms with Crippen LogP contribution in [0.25, 0.3) is 0 Å². The van der Waals surface area contributed by atoms with E-state index in [1.807, 2.05) is 0 Å². The second-order valence-electron chi connectivity index (χ2n) is 6.17. The smallest absolute Gasteiger partial charge is 0.317 e. The van der Waals surface area contributed by atoms with Gasteiger partial charge in [0.2, 0.25) is 0 Å². The molecule has 0 bridgehead atoms. The molecule has 1 atom stereocenters. The fourth-order valence-corrected chi connectivity index (χ4v) is 3.27. The van der Waals surface area contributed by atoms with Crippen LogP contribution in [0.3, 0.4) is 0 Å². The number of likely N-dealkylation sites (tertiary alicyclic amines) is 1. The van der Waals surface area contributed by atoms with Gasteiger partial charge < -0.3 is 15.3 Å². The van der Waals surface area contributed by atoms with Crippen molar-refractivity contribution in [2.45, 2.75) is 51.4 Å². The Balaban J connectivity index is 1.74. The quantitative estimate of drug-likeness (QED) is 0.781. The Morgan fingerprint density at radius 1 is 1.05 bits per heavy atom. The third-order valence-corrected chi connectivity index (χ3v) is 4.57. The van der Waals surface area contributed by atoms with E-state index in [0.717, 1.165) is 13.0 Å². The number of hydrogen-bond donors (Lipinski definition) is 2. The molecule has 0 aromatic rings. The van der Waals surface area contributed by atoms with Gasteiger partial charge >= 0.3 is 12.0 Å². The van der Waals surface area contributed by atoms with E-state index in [1.165, 1.54) is 38.5 Å². The van der Waals surface area contributed by atoms with Gasteiger partial charge in [-0.15, -0.1) is 0 Å². The molecule has 1 heterocycles. The highest BCUT2D eigenvalue weighted by Gasteiger charge is 2.28. The van der Waals surface area contributed by atoms with Crippen molar-refractivity contribution in [2.24, 2.45) is 11.8 Å². The number of amides is 2. The number of carbonyl (C=O) groups is 2. The van der Waals surface area contributed by atoms with E-state index in [-0.39, 0.29) is 6.03 Å². The molecular weight excluding hydrogens is 256 g/mol. The maximum atomic E-state index is 12.1. The first-order valence-electron chi connectivity index (χ1n) is 7.92. The summed E-state index contributed by atoms with van der Waals surface area (Å²) in [6.07, 6.45) is 9.05. The molecule has 20 heavy (non-hydrogen) atoms. The van der Waals surface area contributed by atoms with E-state index >= 15 is 0 Å². The molecule has 2 aliphatic rings. The Bertz CT molecular complexity index is 338. The van der Waals surface area contributed by atoms with Crippen molar-refractivity contribution in [3.8, 4) is 0 Å². The lowest BCUT2D eigenvalue weighted by molar-refractivity contribution is -0.143. The summed E-state index contributed by atoms with van der Waals surface area (Å²) in [7, 11) is 0. The van der Waals surface area contributed by atoms with Crippen LogP contribution < -0.4 is 5.32 Å². The molecule has 0 spiro atoms. The molecule has 2 fully saturated rings. The molecule has 1 aliphatic carbocycles. The zero-order valence-corrected chi connectivity index (χ0v) is 12.1. The highest BCUT2D eigenvalue weighted by Crippen LogP contribution is 2.22. The zero-order chi connectivity index (χ0) is 14.4. The first-order valence-corrected chi connectivity index (χ1v) is 7.92. The predicted molar refractivity (Wildman–Crippen MR) is 76.5 cm³/mol. The average molecular weight is 282 g/mol. The summed E-state index contributed by atoms with van der Waals surface area (Å²) in [5.74, 6) is -0.583. The van der Waals surface area contributed by atoms with Gasteiger partial charge in [-0.3, -0.25) is 4.79 Å². The molecule has 2 rings (SSSR count). The minimum atomic E-state index is -0.786. The first kappa shape index (κ1) is 15.1. The van der Waals surface area contributed by atoms with Crippen LogP contribution in [0.1, 0.15) is 51.4 Å². The van der Waals surface area contributed by atoms with Crippen LogP contribution in [0.15, 0.2) is 0 Å².